The smallest absolute Gasteiger partial charge is 0.261 e. The molecule has 0 saturated heterocycles. The Bertz CT molecular complexity index is 999. The number of hydrogen-bond acceptors (Lipinski definition) is 4. The highest BCUT2D eigenvalue weighted by molar-refractivity contribution is 6.09. The monoisotopic (exact) mass is 407 g/mol. The van der Waals surface area contributed by atoms with E-state index in [0.29, 0.717) is 23.4 Å². The lowest BCUT2D eigenvalue weighted by atomic mass is 10.0. The van der Waals surface area contributed by atoms with Crippen molar-refractivity contribution in [2.45, 2.75) is 19.6 Å². The molecule has 154 valence electrons. The minimum atomic E-state index is -0.707. The number of benzene rings is 3. The van der Waals surface area contributed by atoms with E-state index in [1.54, 1.807) is 38.3 Å². The molecule has 0 saturated carbocycles. The van der Waals surface area contributed by atoms with E-state index in [-0.39, 0.29) is 11.7 Å². The number of nitrogens with one attached hydrogen (secondary N) is 1. The van der Waals surface area contributed by atoms with Crippen LogP contribution < -0.4 is 14.8 Å². The lowest BCUT2D eigenvalue weighted by Crippen LogP contribution is -2.35. The van der Waals surface area contributed by atoms with E-state index < -0.39 is 11.9 Å². The molecule has 3 aromatic rings. The molecule has 30 heavy (non-hydrogen) atoms. The number of ether oxygens (including phenoxy) is 2. The Morgan fingerprint density at radius 2 is 1.40 bits per heavy atom. The van der Waals surface area contributed by atoms with Gasteiger partial charge in [-0.15, -0.1) is 0 Å². The molecule has 3 rings (SSSR count). The molecule has 0 spiro atoms. The van der Waals surface area contributed by atoms with Crippen molar-refractivity contribution < 1.29 is 23.5 Å². The Balaban J connectivity index is 1.54. The van der Waals surface area contributed by atoms with Crippen molar-refractivity contribution in [1.82, 2.24) is 5.32 Å². The maximum atomic E-state index is 13.0. The summed E-state index contributed by atoms with van der Waals surface area (Å²) in [6.45, 7) is 2.03. The van der Waals surface area contributed by atoms with Gasteiger partial charge in [-0.05, 0) is 73.2 Å². The Hall–Kier alpha value is -3.67. The van der Waals surface area contributed by atoms with Crippen LogP contribution in [0.2, 0.25) is 0 Å². The summed E-state index contributed by atoms with van der Waals surface area (Å²) in [6, 6.07) is 19.3. The van der Waals surface area contributed by atoms with Gasteiger partial charge in [-0.1, -0.05) is 12.1 Å². The van der Waals surface area contributed by atoms with Gasteiger partial charge >= 0.3 is 0 Å². The van der Waals surface area contributed by atoms with Crippen molar-refractivity contribution in [2.75, 3.05) is 7.11 Å². The van der Waals surface area contributed by atoms with Crippen LogP contribution in [0.3, 0.4) is 0 Å². The molecule has 6 heteroatoms. The highest BCUT2D eigenvalue weighted by Gasteiger charge is 2.15. The summed E-state index contributed by atoms with van der Waals surface area (Å²) in [4.78, 5) is 24.7. The van der Waals surface area contributed by atoms with E-state index in [1.807, 2.05) is 24.3 Å². The summed E-state index contributed by atoms with van der Waals surface area (Å²) >= 11 is 0. The molecule has 1 atom stereocenters. The molecule has 3 aromatic carbocycles. The van der Waals surface area contributed by atoms with Crippen LogP contribution in [0, 0.1) is 5.82 Å². The predicted molar refractivity (Wildman–Crippen MR) is 111 cm³/mol. The van der Waals surface area contributed by atoms with E-state index in [4.69, 9.17) is 9.47 Å². The van der Waals surface area contributed by atoms with Gasteiger partial charge in [0, 0.05) is 17.7 Å². The first-order valence-corrected chi connectivity index (χ1v) is 9.44. The highest BCUT2D eigenvalue weighted by Crippen LogP contribution is 2.17. The molecule has 1 amide bonds. The summed E-state index contributed by atoms with van der Waals surface area (Å²) in [5.74, 6) is 0.361. The second-order valence-corrected chi connectivity index (χ2v) is 6.69. The zero-order valence-corrected chi connectivity index (χ0v) is 16.7. The molecule has 5 nitrogen and oxygen atoms in total. The molecular weight excluding hydrogens is 385 g/mol. The zero-order chi connectivity index (χ0) is 21.5. The van der Waals surface area contributed by atoms with Gasteiger partial charge < -0.3 is 14.8 Å². The minimum Gasteiger partial charge on any atom is -0.497 e. The van der Waals surface area contributed by atoms with Gasteiger partial charge in [0.15, 0.2) is 11.9 Å². The molecule has 0 aliphatic carbocycles. The number of ketones is 1. The van der Waals surface area contributed by atoms with Crippen molar-refractivity contribution in [3.63, 3.8) is 0 Å². The normalized spacial score (nSPS) is 11.4. The maximum Gasteiger partial charge on any atom is 0.261 e. The van der Waals surface area contributed by atoms with Crippen LogP contribution in [-0.2, 0) is 11.3 Å². The number of methoxy groups -OCH3 is 1. The lowest BCUT2D eigenvalue weighted by Gasteiger charge is -2.15. The van der Waals surface area contributed by atoms with E-state index in [0.717, 1.165) is 11.3 Å². The highest BCUT2D eigenvalue weighted by atomic mass is 19.1. The van der Waals surface area contributed by atoms with Crippen molar-refractivity contribution in [2.24, 2.45) is 0 Å². The number of carbonyl (C=O) groups excluding carboxylic acids is 2. The van der Waals surface area contributed by atoms with Crippen LogP contribution in [0.25, 0.3) is 0 Å². The van der Waals surface area contributed by atoms with Gasteiger partial charge in [0.25, 0.3) is 5.91 Å². The third-order valence-electron chi connectivity index (χ3n) is 4.53. The van der Waals surface area contributed by atoms with E-state index in [1.165, 1.54) is 24.3 Å². The van der Waals surface area contributed by atoms with Crippen molar-refractivity contribution in [3.8, 4) is 11.5 Å². The first-order valence-electron chi connectivity index (χ1n) is 9.44. The van der Waals surface area contributed by atoms with Crippen molar-refractivity contribution in [3.05, 3.63) is 95.3 Å². The van der Waals surface area contributed by atoms with E-state index in [2.05, 4.69) is 5.32 Å². The molecule has 0 heterocycles. The maximum absolute atomic E-state index is 13.0. The van der Waals surface area contributed by atoms with E-state index in [9.17, 15) is 14.0 Å². The average molecular weight is 407 g/mol. The van der Waals surface area contributed by atoms with Gasteiger partial charge in [-0.2, -0.15) is 0 Å². The van der Waals surface area contributed by atoms with Gasteiger partial charge in [0.2, 0.25) is 0 Å². The summed E-state index contributed by atoms with van der Waals surface area (Å²) < 4.78 is 23.8. The van der Waals surface area contributed by atoms with Gasteiger partial charge in [-0.3, -0.25) is 9.59 Å². The molecule has 1 N–H and O–H groups in total. The number of amides is 1. The molecule has 0 fully saturated rings. The summed E-state index contributed by atoms with van der Waals surface area (Å²) in [7, 11) is 1.60. The number of rotatable bonds is 8. The van der Waals surface area contributed by atoms with Crippen LogP contribution in [-0.4, -0.2) is 24.9 Å². The molecule has 0 aliphatic heterocycles. The van der Waals surface area contributed by atoms with Gasteiger partial charge in [-0.25, -0.2) is 4.39 Å². The Labute approximate surface area is 174 Å². The van der Waals surface area contributed by atoms with Crippen LogP contribution in [0.4, 0.5) is 4.39 Å². The Kier molecular flexibility index (Phi) is 6.80. The first-order chi connectivity index (χ1) is 14.5. The number of halogens is 1. The Morgan fingerprint density at radius 1 is 0.867 bits per heavy atom. The Morgan fingerprint density at radius 3 is 1.97 bits per heavy atom. The first kappa shape index (κ1) is 21.0. The standard InChI is InChI=1S/C24H22FNO4/c1-16(24(28)26-15-17-3-11-21(29-2)12-4-17)30-22-13-7-19(8-14-22)23(27)18-5-9-20(25)10-6-18/h3-14,16H,15H2,1-2H3,(H,26,28)/t16-/m0/s1. The predicted octanol–water partition coefficient (Wildman–Crippen LogP) is 4.15. The molecule has 0 aromatic heterocycles. The second-order valence-electron chi connectivity index (χ2n) is 6.69. The third-order valence-corrected chi connectivity index (χ3v) is 4.53. The van der Waals surface area contributed by atoms with E-state index >= 15 is 0 Å². The fraction of sp³-hybridized carbons (Fsp3) is 0.167. The third kappa shape index (κ3) is 5.44. The van der Waals surface area contributed by atoms with Gasteiger partial charge in [0.1, 0.15) is 17.3 Å². The molecule has 0 radical (unpaired) electrons. The average Bonchev–Trinajstić information content (AvgIpc) is 2.78. The topological polar surface area (TPSA) is 64.6 Å². The molecule has 0 aliphatic rings. The fourth-order valence-electron chi connectivity index (χ4n) is 2.79. The van der Waals surface area contributed by atoms with Crippen molar-refractivity contribution in [1.29, 1.82) is 0 Å². The SMILES string of the molecule is COc1ccc(CNC(=O)[C@H](C)Oc2ccc(C(=O)c3ccc(F)cc3)cc2)cc1. The summed E-state index contributed by atoms with van der Waals surface area (Å²) in [6.07, 6.45) is -0.707. The minimum absolute atomic E-state index is 0.216. The lowest BCUT2D eigenvalue weighted by molar-refractivity contribution is -0.127. The summed E-state index contributed by atoms with van der Waals surface area (Å²) in [5.41, 5.74) is 1.79. The number of carbonyl (C=O) groups is 2. The second kappa shape index (κ2) is 9.69. The summed E-state index contributed by atoms with van der Waals surface area (Å²) in [5, 5.41) is 2.82. The van der Waals surface area contributed by atoms with Crippen LogP contribution >= 0.6 is 0 Å². The molecular formula is C24H22FNO4. The quantitative estimate of drug-likeness (QED) is 0.570. The van der Waals surface area contributed by atoms with Crippen molar-refractivity contribution >= 4 is 11.7 Å². The van der Waals surface area contributed by atoms with Crippen LogP contribution in [0.1, 0.15) is 28.4 Å². The van der Waals surface area contributed by atoms with Crippen LogP contribution in [0.5, 0.6) is 11.5 Å². The van der Waals surface area contributed by atoms with Gasteiger partial charge in [0.05, 0.1) is 7.11 Å². The zero-order valence-electron chi connectivity index (χ0n) is 16.7. The number of hydrogen-bond donors (Lipinski definition) is 1. The largest absolute Gasteiger partial charge is 0.497 e. The van der Waals surface area contributed by atoms with Crippen LogP contribution in [0.15, 0.2) is 72.8 Å². The molecule has 0 bridgehead atoms. The molecule has 0 unspecified atom stereocenters. The fourth-order valence-corrected chi connectivity index (χ4v) is 2.79.